The van der Waals surface area contributed by atoms with Crippen LogP contribution in [0.25, 0.3) is 11.1 Å². The van der Waals surface area contributed by atoms with Gasteiger partial charge in [-0.3, -0.25) is 14.2 Å². The second-order valence-corrected chi connectivity index (χ2v) is 9.35. The number of anilines is 1. The van der Waals surface area contributed by atoms with E-state index in [2.05, 4.69) is 5.32 Å². The highest BCUT2D eigenvalue weighted by atomic mass is 35.5. The van der Waals surface area contributed by atoms with Crippen LogP contribution < -0.4 is 15.6 Å². The van der Waals surface area contributed by atoms with Gasteiger partial charge >= 0.3 is 5.97 Å². The van der Waals surface area contributed by atoms with Gasteiger partial charge < -0.3 is 14.8 Å². The van der Waals surface area contributed by atoms with E-state index in [1.165, 1.54) is 49.6 Å². The fourth-order valence-corrected chi connectivity index (χ4v) is 3.61. The van der Waals surface area contributed by atoms with Crippen molar-refractivity contribution in [1.29, 1.82) is 5.26 Å². The number of amides is 1. The van der Waals surface area contributed by atoms with Crippen LogP contribution in [0.5, 0.6) is 5.75 Å². The van der Waals surface area contributed by atoms with E-state index in [4.69, 9.17) is 27.9 Å². The van der Waals surface area contributed by atoms with E-state index in [0.29, 0.717) is 4.57 Å². The molecule has 1 N–H and O–H groups in total. The van der Waals surface area contributed by atoms with Gasteiger partial charge in [0.05, 0.1) is 30.5 Å². The Bertz CT molecular complexity index is 1610. The smallest absolute Gasteiger partial charge is 0.338 e. The first-order chi connectivity index (χ1) is 19.4. The number of aromatic nitrogens is 1. The molecule has 0 aliphatic rings. The lowest BCUT2D eigenvalue weighted by atomic mass is 10.00. The van der Waals surface area contributed by atoms with Crippen LogP contribution in [0, 0.1) is 11.3 Å². The van der Waals surface area contributed by atoms with Gasteiger partial charge in [-0.25, -0.2) is 4.79 Å². The molecule has 0 spiro atoms. The van der Waals surface area contributed by atoms with Crippen molar-refractivity contribution in [1.82, 2.24) is 4.57 Å². The van der Waals surface area contributed by atoms with Crippen molar-refractivity contribution < 1.29 is 25.9 Å². The summed E-state index contributed by atoms with van der Waals surface area (Å²) in [6.45, 7) is 1.79. The maximum absolute atomic E-state index is 13.5. The van der Waals surface area contributed by atoms with E-state index in [0.717, 1.165) is 12.3 Å². The Morgan fingerprint density at radius 1 is 1.19 bits per heavy atom. The van der Waals surface area contributed by atoms with Crippen molar-refractivity contribution in [3.8, 4) is 22.9 Å². The number of nitrogens with zero attached hydrogens (tertiary/aromatic N) is 2. The van der Waals surface area contributed by atoms with Gasteiger partial charge in [0.25, 0.3) is 5.56 Å². The highest BCUT2D eigenvalue weighted by Crippen LogP contribution is 2.33. The molecular weight excluding hydrogens is 494 g/mol. The number of esters is 1. The van der Waals surface area contributed by atoms with E-state index in [1.54, 1.807) is 20.8 Å². The summed E-state index contributed by atoms with van der Waals surface area (Å²) >= 11 is 6.10. The molecule has 0 aliphatic heterocycles. The van der Waals surface area contributed by atoms with Crippen LogP contribution in [0.3, 0.4) is 0 Å². The number of carbonyl (C=O) groups excluding carboxylic acids is 2. The third-order valence-corrected chi connectivity index (χ3v) is 5.34. The van der Waals surface area contributed by atoms with Crippen molar-refractivity contribution in [2.45, 2.75) is 45.6 Å². The first kappa shape index (κ1) is 21.0. The molecule has 3 rings (SSSR count). The molecular formula is C28H28ClN3O5. The highest BCUT2D eigenvalue weighted by Gasteiger charge is 2.23. The summed E-state index contributed by atoms with van der Waals surface area (Å²) in [6, 6.07) is 10.6. The maximum Gasteiger partial charge on any atom is 0.338 e. The minimum Gasteiger partial charge on any atom is -0.495 e. The Hall–Kier alpha value is -4.09. The SMILES string of the molecule is [2H]C([2H])([2H])C([2H])([2H])C(C(=O)Nc1ccc(C(=O)OC(C)(C)C)cc1)n1cc(OC)c(-c2cc(Cl)ccc2C#N)cc1=O. The van der Waals surface area contributed by atoms with Gasteiger partial charge in [-0.2, -0.15) is 5.26 Å². The van der Waals surface area contributed by atoms with E-state index in [1.807, 2.05) is 6.07 Å². The number of carbonyl (C=O) groups is 2. The first-order valence-corrected chi connectivity index (χ1v) is 11.4. The molecule has 1 amide bonds. The summed E-state index contributed by atoms with van der Waals surface area (Å²) in [7, 11) is 1.25. The molecule has 0 saturated carbocycles. The number of methoxy groups -OCH3 is 1. The Kier molecular flexibility index (Phi) is 6.43. The zero-order valence-electron chi connectivity index (χ0n) is 25.6. The summed E-state index contributed by atoms with van der Waals surface area (Å²) in [5, 5.41) is 12.2. The van der Waals surface area contributed by atoms with Crippen LogP contribution in [-0.2, 0) is 9.53 Å². The predicted octanol–water partition coefficient (Wildman–Crippen LogP) is 5.59. The summed E-state index contributed by atoms with van der Waals surface area (Å²) in [5.41, 5.74) is -0.843. The molecule has 2 aromatic carbocycles. The lowest BCUT2D eigenvalue weighted by Crippen LogP contribution is -2.32. The van der Waals surface area contributed by atoms with Crippen molar-refractivity contribution in [3.63, 3.8) is 0 Å². The Morgan fingerprint density at radius 2 is 1.89 bits per heavy atom. The average molecular weight is 527 g/mol. The number of benzene rings is 2. The zero-order chi connectivity index (χ0) is 31.6. The molecule has 0 saturated heterocycles. The van der Waals surface area contributed by atoms with E-state index in [9.17, 15) is 19.6 Å². The minimum atomic E-state index is -3.33. The number of ether oxygens (including phenoxy) is 2. The van der Waals surface area contributed by atoms with Crippen molar-refractivity contribution in [2.75, 3.05) is 12.4 Å². The number of hydrogen-bond acceptors (Lipinski definition) is 6. The van der Waals surface area contributed by atoms with Crippen molar-refractivity contribution >= 4 is 29.2 Å². The number of nitrogens with one attached hydrogen (secondary N) is 1. The standard InChI is InChI=1S/C28H28ClN3O5/c1-6-23(26(34)31-20-11-8-17(9-12-20)27(35)37-28(2,3)4)32-16-24(36-5)22(14-25(32)33)21-13-19(29)10-7-18(21)15-30/h7-14,16,23H,6H2,1-5H3,(H,31,34)/i1D3,6D2. The number of nitriles is 1. The van der Waals surface area contributed by atoms with Gasteiger partial charge in [0.2, 0.25) is 5.91 Å². The molecule has 192 valence electrons. The minimum absolute atomic E-state index is 0.0470. The molecule has 8 nitrogen and oxygen atoms in total. The Labute approximate surface area is 227 Å². The summed E-state index contributed by atoms with van der Waals surface area (Å²) < 4.78 is 51.5. The highest BCUT2D eigenvalue weighted by molar-refractivity contribution is 6.31. The van der Waals surface area contributed by atoms with Crippen molar-refractivity contribution in [3.05, 3.63) is 81.2 Å². The van der Waals surface area contributed by atoms with E-state index < -0.39 is 42.3 Å². The molecule has 0 fully saturated rings. The van der Waals surface area contributed by atoms with Gasteiger partial charge in [0.15, 0.2) is 0 Å². The molecule has 1 unspecified atom stereocenters. The largest absolute Gasteiger partial charge is 0.495 e. The summed E-state index contributed by atoms with van der Waals surface area (Å²) in [5.74, 6) is -1.80. The van der Waals surface area contributed by atoms with Crippen LogP contribution >= 0.6 is 11.6 Å². The zero-order valence-corrected chi connectivity index (χ0v) is 21.3. The van der Waals surface area contributed by atoms with Crippen LogP contribution in [0.2, 0.25) is 5.02 Å². The molecule has 1 heterocycles. The fourth-order valence-electron chi connectivity index (χ4n) is 3.44. The Morgan fingerprint density at radius 3 is 2.49 bits per heavy atom. The third-order valence-electron chi connectivity index (χ3n) is 5.11. The second-order valence-electron chi connectivity index (χ2n) is 8.92. The monoisotopic (exact) mass is 526 g/mol. The van der Waals surface area contributed by atoms with Crippen molar-refractivity contribution in [2.24, 2.45) is 0 Å². The normalized spacial score (nSPS) is 14.5. The molecule has 1 atom stereocenters. The molecule has 0 radical (unpaired) electrons. The number of pyridine rings is 1. The maximum atomic E-state index is 13.5. The van der Waals surface area contributed by atoms with Gasteiger partial charge in [-0.05, 0) is 69.6 Å². The third kappa shape index (κ3) is 6.57. The lowest BCUT2D eigenvalue weighted by Gasteiger charge is -2.21. The molecule has 37 heavy (non-hydrogen) atoms. The molecule has 3 aromatic rings. The number of rotatable bonds is 7. The summed E-state index contributed by atoms with van der Waals surface area (Å²) in [4.78, 5) is 39.2. The van der Waals surface area contributed by atoms with Crippen LogP contribution in [-0.4, -0.2) is 29.2 Å². The van der Waals surface area contributed by atoms with Crippen LogP contribution in [0.1, 0.15) is 62.8 Å². The van der Waals surface area contributed by atoms with Gasteiger partial charge in [0, 0.05) is 34.8 Å². The quantitative estimate of drug-likeness (QED) is 0.401. The topological polar surface area (TPSA) is 110 Å². The first-order valence-electron chi connectivity index (χ1n) is 13.5. The molecule has 1 aromatic heterocycles. The fraction of sp³-hybridized carbons (Fsp3) is 0.286. The predicted molar refractivity (Wildman–Crippen MR) is 142 cm³/mol. The van der Waals surface area contributed by atoms with Crippen LogP contribution in [0.4, 0.5) is 5.69 Å². The van der Waals surface area contributed by atoms with Gasteiger partial charge in [0.1, 0.15) is 17.4 Å². The van der Waals surface area contributed by atoms with Gasteiger partial charge in [-0.15, -0.1) is 0 Å². The van der Waals surface area contributed by atoms with Gasteiger partial charge in [-0.1, -0.05) is 18.5 Å². The lowest BCUT2D eigenvalue weighted by molar-refractivity contribution is -0.119. The molecule has 9 heteroatoms. The molecule has 0 aliphatic carbocycles. The van der Waals surface area contributed by atoms with Crippen LogP contribution in [0.15, 0.2) is 59.5 Å². The van der Waals surface area contributed by atoms with E-state index >= 15 is 0 Å². The molecule has 0 bridgehead atoms. The summed E-state index contributed by atoms with van der Waals surface area (Å²) in [6.07, 6.45) is -2.23. The average Bonchev–Trinajstić information content (AvgIpc) is 2.88. The number of hydrogen-bond donors (Lipinski definition) is 1. The number of halogens is 1. The second kappa shape index (κ2) is 11.3. The van der Waals surface area contributed by atoms with E-state index in [-0.39, 0.29) is 38.7 Å². The Balaban J connectivity index is 2.09.